The SMILES string of the molecule is CCCCOC1CCC(C2CCC(C3CCC(C=CCCF)CC3)CC2)CC1. The first kappa shape index (κ1) is 22.3. The summed E-state index contributed by atoms with van der Waals surface area (Å²) >= 11 is 0. The van der Waals surface area contributed by atoms with Crippen molar-refractivity contribution >= 4 is 0 Å². The first-order chi connectivity index (χ1) is 13.8. The van der Waals surface area contributed by atoms with Crippen LogP contribution in [0.3, 0.4) is 0 Å². The number of alkyl halides is 1. The second kappa shape index (κ2) is 12.4. The molecule has 3 aliphatic rings. The maximum atomic E-state index is 12.2. The number of allylic oxidation sites excluding steroid dienone is 2. The maximum Gasteiger partial charge on any atom is 0.0928 e. The molecule has 0 saturated heterocycles. The molecule has 1 nitrogen and oxygen atoms in total. The summed E-state index contributed by atoms with van der Waals surface area (Å²) in [4.78, 5) is 0. The second-order valence-electron chi connectivity index (χ2n) is 10.0. The molecule has 0 bridgehead atoms. The Labute approximate surface area is 173 Å². The fourth-order valence-corrected chi connectivity index (χ4v) is 6.37. The lowest BCUT2D eigenvalue weighted by Gasteiger charge is -2.41. The van der Waals surface area contributed by atoms with Gasteiger partial charge in [0.25, 0.3) is 0 Å². The Balaban J connectivity index is 1.31. The normalized spacial score (nSPS) is 37.4. The van der Waals surface area contributed by atoms with E-state index in [2.05, 4.69) is 19.1 Å². The first-order valence-corrected chi connectivity index (χ1v) is 12.6. The molecule has 0 aromatic carbocycles. The molecule has 0 amide bonds. The van der Waals surface area contributed by atoms with Crippen LogP contribution in [0.1, 0.15) is 103 Å². The summed E-state index contributed by atoms with van der Waals surface area (Å²) in [7, 11) is 0. The third-order valence-corrected chi connectivity index (χ3v) is 8.22. The molecule has 0 spiro atoms. The topological polar surface area (TPSA) is 9.23 Å². The highest BCUT2D eigenvalue weighted by atomic mass is 19.1. The van der Waals surface area contributed by atoms with Crippen molar-refractivity contribution < 1.29 is 9.13 Å². The van der Waals surface area contributed by atoms with E-state index >= 15 is 0 Å². The highest BCUT2D eigenvalue weighted by molar-refractivity contribution is 4.93. The van der Waals surface area contributed by atoms with Crippen molar-refractivity contribution in [1.82, 2.24) is 0 Å². The monoisotopic (exact) mass is 392 g/mol. The average Bonchev–Trinajstić information content (AvgIpc) is 2.75. The summed E-state index contributed by atoms with van der Waals surface area (Å²) in [5.74, 6) is 4.71. The van der Waals surface area contributed by atoms with Crippen molar-refractivity contribution in [3.05, 3.63) is 12.2 Å². The molecule has 162 valence electrons. The number of ether oxygens (including phenoxy) is 1. The smallest absolute Gasteiger partial charge is 0.0928 e. The number of hydrogen-bond donors (Lipinski definition) is 0. The van der Waals surface area contributed by atoms with Crippen molar-refractivity contribution in [2.24, 2.45) is 29.6 Å². The van der Waals surface area contributed by atoms with Crippen molar-refractivity contribution in [2.75, 3.05) is 13.3 Å². The van der Waals surface area contributed by atoms with Crippen LogP contribution in [0.25, 0.3) is 0 Å². The first-order valence-electron chi connectivity index (χ1n) is 12.6. The molecule has 3 aliphatic carbocycles. The van der Waals surface area contributed by atoms with E-state index in [4.69, 9.17) is 4.74 Å². The Bertz CT molecular complexity index is 424. The number of rotatable bonds is 9. The van der Waals surface area contributed by atoms with E-state index in [1.54, 1.807) is 0 Å². The van der Waals surface area contributed by atoms with E-state index in [1.807, 2.05) is 0 Å². The average molecular weight is 393 g/mol. The van der Waals surface area contributed by atoms with Gasteiger partial charge in [0.15, 0.2) is 0 Å². The molecule has 0 radical (unpaired) electrons. The summed E-state index contributed by atoms with van der Waals surface area (Å²) < 4.78 is 18.3. The molecular formula is C26H45FO. The van der Waals surface area contributed by atoms with Gasteiger partial charge in [0.1, 0.15) is 0 Å². The Morgan fingerprint density at radius 3 is 1.75 bits per heavy atom. The Morgan fingerprint density at radius 1 is 0.750 bits per heavy atom. The van der Waals surface area contributed by atoms with Crippen LogP contribution >= 0.6 is 0 Å². The fourth-order valence-electron chi connectivity index (χ4n) is 6.37. The van der Waals surface area contributed by atoms with Crippen LogP contribution in [0.4, 0.5) is 4.39 Å². The van der Waals surface area contributed by atoms with Gasteiger partial charge >= 0.3 is 0 Å². The molecule has 2 heteroatoms. The second-order valence-corrected chi connectivity index (χ2v) is 10.0. The Kier molecular flexibility index (Phi) is 9.85. The van der Waals surface area contributed by atoms with Gasteiger partial charge in [-0.25, -0.2) is 0 Å². The maximum absolute atomic E-state index is 12.2. The molecule has 28 heavy (non-hydrogen) atoms. The van der Waals surface area contributed by atoms with Gasteiger partial charge in [-0.2, -0.15) is 0 Å². The summed E-state index contributed by atoms with van der Waals surface area (Å²) in [5.41, 5.74) is 0. The summed E-state index contributed by atoms with van der Waals surface area (Å²) in [6.45, 7) is 3.02. The molecule has 0 atom stereocenters. The van der Waals surface area contributed by atoms with Gasteiger partial charge in [-0.05, 0) is 119 Å². The zero-order valence-electron chi connectivity index (χ0n) is 18.4. The standard InChI is InChI=1S/C26H45FO/c1-2-3-20-28-26-17-15-25(16-18-26)24-13-11-23(12-14-24)22-9-7-21(8-10-22)6-4-5-19-27/h4,6,21-26H,2-3,5,7-20H2,1H3. The van der Waals surface area contributed by atoms with Crippen molar-refractivity contribution in [1.29, 1.82) is 0 Å². The molecule has 0 heterocycles. The van der Waals surface area contributed by atoms with Crippen LogP contribution in [0, 0.1) is 29.6 Å². The quantitative estimate of drug-likeness (QED) is 0.286. The minimum absolute atomic E-state index is 0.206. The van der Waals surface area contributed by atoms with Crippen molar-refractivity contribution in [3.8, 4) is 0 Å². The van der Waals surface area contributed by atoms with Crippen LogP contribution < -0.4 is 0 Å². The van der Waals surface area contributed by atoms with Crippen LogP contribution in [0.5, 0.6) is 0 Å². The predicted molar refractivity (Wildman–Crippen MR) is 117 cm³/mol. The molecule has 0 aliphatic heterocycles. The predicted octanol–water partition coefficient (Wildman–Crippen LogP) is 7.89. The minimum atomic E-state index is -0.206. The molecular weight excluding hydrogens is 347 g/mol. The molecule has 3 saturated carbocycles. The van der Waals surface area contributed by atoms with Crippen LogP contribution in [-0.2, 0) is 4.74 Å². The van der Waals surface area contributed by atoms with Gasteiger partial charge in [-0.1, -0.05) is 25.5 Å². The lowest BCUT2D eigenvalue weighted by atomic mass is 9.65. The Hall–Kier alpha value is -0.370. The lowest BCUT2D eigenvalue weighted by molar-refractivity contribution is 0.00437. The van der Waals surface area contributed by atoms with E-state index in [0.717, 1.165) is 36.2 Å². The van der Waals surface area contributed by atoms with E-state index in [9.17, 15) is 4.39 Å². The van der Waals surface area contributed by atoms with E-state index in [-0.39, 0.29) is 6.67 Å². The molecule has 0 unspecified atom stereocenters. The fraction of sp³-hybridized carbons (Fsp3) is 0.923. The van der Waals surface area contributed by atoms with Gasteiger partial charge in [-0.15, -0.1) is 0 Å². The third kappa shape index (κ3) is 6.85. The zero-order valence-corrected chi connectivity index (χ0v) is 18.4. The zero-order chi connectivity index (χ0) is 19.6. The summed E-state index contributed by atoms with van der Waals surface area (Å²) in [6, 6.07) is 0. The van der Waals surface area contributed by atoms with Crippen LogP contribution in [0.15, 0.2) is 12.2 Å². The van der Waals surface area contributed by atoms with Gasteiger partial charge in [0.05, 0.1) is 12.8 Å². The van der Waals surface area contributed by atoms with E-state index in [1.165, 1.54) is 89.9 Å². The number of hydrogen-bond acceptors (Lipinski definition) is 1. The van der Waals surface area contributed by atoms with Crippen molar-refractivity contribution in [2.45, 2.75) is 109 Å². The third-order valence-electron chi connectivity index (χ3n) is 8.22. The van der Waals surface area contributed by atoms with Gasteiger partial charge in [-0.3, -0.25) is 4.39 Å². The summed E-state index contributed by atoms with van der Waals surface area (Å²) in [6.07, 6.45) is 25.0. The van der Waals surface area contributed by atoms with Gasteiger partial charge in [0.2, 0.25) is 0 Å². The minimum Gasteiger partial charge on any atom is -0.378 e. The summed E-state index contributed by atoms with van der Waals surface area (Å²) in [5, 5.41) is 0. The molecule has 0 aromatic rings. The highest BCUT2D eigenvalue weighted by Crippen LogP contribution is 2.45. The molecule has 3 rings (SSSR count). The number of unbranched alkanes of at least 4 members (excludes halogenated alkanes) is 1. The van der Waals surface area contributed by atoms with Gasteiger partial charge < -0.3 is 4.74 Å². The van der Waals surface area contributed by atoms with Crippen LogP contribution in [0.2, 0.25) is 0 Å². The molecule has 0 aromatic heterocycles. The lowest BCUT2D eigenvalue weighted by Crippen LogP contribution is -2.31. The van der Waals surface area contributed by atoms with Crippen LogP contribution in [-0.4, -0.2) is 19.4 Å². The highest BCUT2D eigenvalue weighted by Gasteiger charge is 2.34. The van der Waals surface area contributed by atoms with Crippen molar-refractivity contribution in [3.63, 3.8) is 0 Å². The van der Waals surface area contributed by atoms with Gasteiger partial charge in [0, 0.05) is 6.61 Å². The van der Waals surface area contributed by atoms with E-state index < -0.39 is 0 Å². The molecule has 3 fully saturated rings. The number of halogens is 1. The molecule has 0 N–H and O–H groups in total. The largest absolute Gasteiger partial charge is 0.378 e. The van der Waals surface area contributed by atoms with E-state index in [0.29, 0.717) is 12.5 Å². The Morgan fingerprint density at radius 2 is 1.25 bits per heavy atom.